The maximum absolute atomic E-state index is 13.1. The molecule has 0 aliphatic carbocycles. The number of rotatable bonds is 11. The fourth-order valence-corrected chi connectivity index (χ4v) is 5.46. The van der Waals surface area contributed by atoms with E-state index in [-0.39, 0.29) is 17.4 Å². The average molecular weight is 525 g/mol. The Morgan fingerprint density at radius 1 is 1.00 bits per heavy atom. The van der Waals surface area contributed by atoms with Crippen molar-refractivity contribution in [2.75, 3.05) is 18.9 Å². The summed E-state index contributed by atoms with van der Waals surface area (Å²) in [4.78, 5) is 18.9. The molecular formula is C28H36N4O4S. The zero-order chi connectivity index (χ0) is 27.2. The number of aryl methyl sites for hydroxylation is 4. The van der Waals surface area contributed by atoms with Crippen molar-refractivity contribution in [3.63, 3.8) is 0 Å². The van der Waals surface area contributed by atoms with Crippen molar-refractivity contribution in [2.24, 2.45) is 0 Å². The van der Waals surface area contributed by atoms with E-state index in [9.17, 15) is 13.2 Å². The van der Waals surface area contributed by atoms with Gasteiger partial charge in [0.05, 0.1) is 13.2 Å². The number of anilines is 1. The zero-order valence-corrected chi connectivity index (χ0v) is 23.0. The molecule has 8 nitrogen and oxygen atoms in total. The molecule has 0 bridgehead atoms. The van der Waals surface area contributed by atoms with Crippen LogP contribution in [0, 0.1) is 20.8 Å². The molecule has 37 heavy (non-hydrogen) atoms. The molecule has 3 aromatic rings. The van der Waals surface area contributed by atoms with Gasteiger partial charge < -0.3 is 10.5 Å². The Bertz CT molecular complexity index is 1350. The van der Waals surface area contributed by atoms with Gasteiger partial charge in [-0.05, 0) is 74.6 Å². The van der Waals surface area contributed by atoms with Crippen LogP contribution in [0.15, 0.2) is 53.6 Å². The number of ether oxygens (including phenoxy) is 1. The average Bonchev–Trinajstić information content (AvgIpc) is 2.82. The molecule has 9 heteroatoms. The molecule has 1 aromatic heterocycles. The first-order valence-corrected chi connectivity index (χ1v) is 13.8. The van der Waals surface area contributed by atoms with Crippen LogP contribution in [0.4, 0.5) is 5.82 Å². The summed E-state index contributed by atoms with van der Waals surface area (Å²) >= 11 is 0. The standard InChI is InChI=1S/C28H36N4O4S/c1-6-22-10-8-11-25(36-7-2)24(22)17-32(16-23-20(4)14-19(3)15-21(23)5)18-27(33)31-37(34,35)28-13-9-12-26(29)30-28/h8-15H,6-7,16-18H2,1-5H3,(H2,29,30)(H,31,33). The lowest BCUT2D eigenvalue weighted by atomic mass is 9.98. The van der Waals surface area contributed by atoms with Gasteiger partial charge in [-0.15, -0.1) is 0 Å². The Morgan fingerprint density at radius 2 is 1.65 bits per heavy atom. The maximum atomic E-state index is 13.1. The van der Waals surface area contributed by atoms with Gasteiger partial charge in [0.25, 0.3) is 10.0 Å². The number of benzene rings is 2. The van der Waals surface area contributed by atoms with Crippen LogP contribution >= 0.6 is 0 Å². The first kappa shape index (κ1) is 28.1. The summed E-state index contributed by atoms with van der Waals surface area (Å²) in [6.45, 7) is 11.4. The van der Waals surface area contributed by atoms with Gasteiger partial charge in [-0.2, -0.15) is 8.42 Å². The predicted molar refractivity (Wildman–Crippen MR) is 146 cm³/mol. The van der Waals surface area contributed by atoms with E-state index in [1.165, 1.54) is 23.8 Å². The number of nitrogens with zero attached hydrogens (tertiary/aromatic N) is 2. The molecule has 3 rings (SSSR count). The van der Waals surface area contributed by atoms with E-state index in [0.29, 0.717) is 19.7 Å². The number of carbonyl (C=O) groups excluding carboxylic acids is 1. The molecule has 0 radical (unpaired) electrons. The fraction of sp³-hybridized carbons (Fsp3) is 0.357. The lowest BCUT2D eigenvalue weighted by Crippen LogP contribution is -2.40. The van der Waals surface area contributed by atoms with E-state index >= 15 is 0 Å². The summed E-state index contributed by atoms with van der Waals surface area (Å²) in [6.07, 6.45) is 0.800. The maximum Gasteiger partial charge on any atom is 0.281 e. The topological polar surface area (TPSA) is 115 Å². The van der Waals surface area contributed by atoms with Crippen molar-refractivity contribution < 1.29 is 17.9 Å². The van der Waals surface area contributed by atoms with Gasteiger partial charge in [-0.25, -0.2) is 9.71 Å². The van der Waals surface area contributed by atoms with Crippen molar-refractivity contribution in [3.05, 3.63) is 81.9 Å². The molecule has 3 N–H and O–H groups in total. The lowest BCUT2D eigenvalue weighted by molar-refractivity contribution is -0.120. The molecule has 0 unspecified atom stereocenters. The number of carbonyl (C=O) groups is 1. The molecule has 0 saturated carbocycles. The first-order chi connectivity index (χ1) is 17.5. The molecule has 1 amide bonds. The van der Waals surface area contributed by atoms with Crippen molar-refractivity contribution in [2.45, 2.75) is 59.2 Å². The summed E-state index contributed by atoms with van der Waals surface area (Å²) < 4.78 is 33.6. The van der Waals surface area contributed by atoms with Gasteiger partial charge in [0.2, 0.25) is 5.91 Å². The highest BCUT2D eigenvalue weighted by atomic mass is 32.2. The smallest absolute Gasteiger partial charge is 0.281 e. The number of nitrogen functional groups attached to an aromatic ring is 1. The second-order valence-electron chi connectivity index (χ2n) is 9.13. The highest BCUT2D eigenvalue weighted by molar-refractivity contribution is 7.90. The summed E-state index contributed by atoms with van der Waals surface area (Å²) in [6, 6.07) is 14.4. The zero-order valence-electron chi connectivity index (χ0n) is 22.2. The Kier molecular flexibility index (Phi) is 9.29. The van der Waals surface area contributed by atoms with Crippen LogP contribution in [0.2, 0.25) is 0 Å². The second kappa shape index (κ2) is 12.2. The Morgan fingerprint density at radius 3 is 2.27 bits per heavy atom. The molecule has 198 valence electrons. The van der Waals surface area contributed by atoms with Gasteiger partial charge in [0.1, 0.15) is 11.6 Å². The van der Waals surface area contributed by atoms with Crippen LogP contribution in [0.5, 0.6) is 5.75 Å². The van der Waals surface area contributed by atoms with Gasteiger partial charge in [-0.3, -0.25) is 9.69 Å². The van der Waals surface area contributed by atoms with E-state index in [2.05, 4.69) is 55.6 Å². The summed E-state index contributed by atoms with van der Waals surface area (Å²) in [5, 5.41) is -0.299. The van der Waals surface area contributed by atoms with Crippen LogP contribution in [-0.2, 0) is 34.3 Å². The van der Waals surface area contributed by atoms with Gasteiger partial charge in [-0.1, -0.05) is 42.8 Å². The van der Waals surface area contributed by atoms with E-state index in [4.69, 9.17) is 10.5 Å². The molecule has 0 atom stereocenters. The van der Waals surface area contributed by atoms with Crippen LogP contribution in [0.25, 0.3) is 0 Å². The molecule has 1 heterocycles. The quantitative estimate of drug-likeness (QED) is 0.389. The number of nitrogens with two attached hydrogens (primary N) is 1. The molecule has 0 fully saturated rings. The Balaban J connectivity index is 1.94. The van der Waals surface area contributed by atoms with E-state index in [0.717, 1.165) is 40.0 Å². The third-order valence-electron chi connectivity index (χ3n) is 6.15. The molecule has 0 aliphatic rings. The summed E-state index contributed by atoms with van der Waals surface area (Å²) in [5.74, 6) is 0.168. The van der Waals surface area contributed by atoms with E-state index in [1.54, 1.807) is 0 Å². The fourth-order valence-electron chi connectivity index (χ4n) is 4.50. The van der Waals surface area contributed by atoms with E-state index < -0.39 is 15.9 Å². The third kappa shape index (κ3) is 7.30. The minimum atomic E-state index is -4.17. The number of hydrogen-bond acceptors (Lipinski definition) is 7. The van der Waals surface area contributed by atoms with Crippen LogP contribution in [-0.4, -0.2) is 37.4 Å². The minimum Gasteiger partial charge on any atom is -0.494 e. The lowest BCUT2D eigenvalue weighted by Gasteiger charge is -2.26. The van der Waals surface area contributed by atoms with Crippen molar-refractivity contribution >= 4 is 21.7 Å². The largest absolute Gasteiger partial charge is 0.494 e. The van der Waals surface area contributed by atoms with Gasteiger partial charge in [0, 0.05) is 18.7 Å². The van der Waals surface area contributed by atoms with Gasteiger partial charge in [0.15, 0.2) is 5.03 Å². The minimum absolute atomic E-state index is 0.0573. The highest BCUT2D eigenvalue weighted by Gasteiger charge is 2.23. The van der Waals surface area contributed by atoms with Crippen LogP contribution in [0.1, 0.15) is 47.2 Å². The monoisotopic (exact) mass is 524 g/mol. The van der Waals surface area contributed by atoms with Crippen LogP contribution < -0.4 is 15.2 Å². The number of amides is 1. The molecule has 2 aromatic carbocycles. The Labute approximate surface area is 219 Å². The summed E-state index contributed by atoms with van der Waals surface area (Å²) in [5.41, 5.74) is 12.2. The number of nitrogens with one attached hydrogen (secondary N) is 1. The SMILES string of the molecule is CCOc1cccc(CC)c1CN(CC(=O)NS(=O)(=O)c1cccc(N)n1)Cc1c(C)cc(C)cc1C. The number of sulfonamides is 1. The highest BCUT2D eigenvalue weighted by Crippen LogP contribution is 2.27. The molecular weight excluding hydrogens is 488 g/mol. The summed E-state index contributed by atoms with van der Waals surface area (Å²) in [7, 11) is -4.17. The molecule has 0 aliphatic heterocycles. The van der Waals surface area contributed by atoms with E-state index in [1.807, 2.05) is 24.0 Å². The third-order valence-corrected chi connectivity index (χ3v) is 7.42. The van der Waals surface area contributed by atoms with Crippen molar-refractivity contribution in [3.8, 4) is 5.75 Å². The van der Waals surface area contributed by atoms with Crippen molar-refractivity contribution in [1.82, 2.24) is 14.6 Å². The molecule has 0 spiro atoms. The number of aromatic nitrogens is 1. The first-order valence-electron chi connectivity index (χ1n) is 12.3. The van der Waals surface area contributed by atoms with Crippen molar-refractivity contribution in [1.29, 1.82) is 0 Å². The second-order valence-corrected chi connectivity index (χ2v) is 10.8. The number of pyridine rings is 1. The van der Waals surface area contributed by atoms with Gasteiger partial charge >= 0.3 is 0 Å². The molecule has 0 saturated heterocycles. The number of hydrogen-bond donors (Lipinski definition) is 2. The van der Waals surface area contributed by atoms with Crippen LogP contribution in [0.3, 0.4) is 0 Å². The predicted octanol–water partition coefficient (Wildman–Crippen LogP) is 4.06. The normalized spacial score (nSPS) is 11.5. The Hall–Kier alpha value is -3.43.